The number of nitrogens with one attached hydrogen (secondary N) is 1. The van der Waals surface area contributed by atoms with Crippen LogP contribution in [0.25, 0.3) is 0 Å². The molecule has 0 aliphatic carbocycles. The van der Waals surface area contributed by atoms with Gasteiger partial charge < -0.3 is 11.1 Å². The van der Waals surface area contributed by atoms with Gasteiger partial charge in [0.1, 0.15) is 0 Å². The number of amides is 1. The van der Waals surface area contributed by atoms with Gasteiger partial charge in [0, 0.05) is 6.04 Å². The number of hydrogen-bond donors (Lipinski definition) is 2. The van der Waals surface area contributed by atoms with Crippen molar-refractivity contribution in [3.8, 4) is 0 Å². The Balaban J connectivity index is 3.50. The normalized spacial score (nSPS) is 14.4. The van der Waals surface area contributed by atoms with Crippen molar-refractivity contribution >= 4 is 17.7 Å². The molecular formula is C13H28N2OS. The first-order valence-corrected chi connectivity index (χ1v) is 7.82. The maximum absolute atomic E-state index is 11.6. The molecule has 0 aliphatic rings. The molecule has 3 N–H and O–H groups in total. The standard InChI is InChI=1S/C13H28N2OS/c1-4-5-6-7-12(3)15-13(16)10-17-9-11(2)8-14/h11-12H,4-10,14H2,1-3H3,(H,15,16). The van der Waals surface area contributed by atoms with Gasteiger partial charge in [-0.3, -0.25) is 4.79 Å². The van der Waals surface area contributed by atoms with Crippen LogP contribution in [0.2, 0.25) is 0 Å². The van der Waals surface area contributed by atoms with E-state index < -0.39 is 0 Å². The lowest BCUT2D eigenvalue weighted by molar-refractivity contribution is -0.119. The van der Waals surface area contributed by atoms with E-state index in [0.29, 0.717) is 24.3 Å². The zero-order valence-corrected chi connectivity index (χ0v) is 12.3. The Labute approximate surface area is 110 Å². The minimum atomic E-state index is 0.156. The average Bonchev–Trinajstić information content (AvgIpc) is 2.29. The molecule has 0 aromatic heterocycles. The van der Waals surface area contributed by atoms with Crippen LogP contribution in [0.3, 0.4) is 0 Å². The highest BCUT2D eigenvalue weighted by atomic mass is 32.2. The molecule has 1 amide bonds. The van der Waals surface area contributed by atoms with Gasteiger partial charge in [0.15, 0.2) is 0 Å². The monoisotopic (exact) mass is 260 g/mol. The second kappa shape index (κ2) is 10.9. The molecule has 2 unspecified atom stereocenters. The van der Waals surface area contributed by atoms with Gasteiger partial charge in [0.2, 0.25) is 5.91 Å². The molecule has 2 atom stereocenters. The smallest absolute Gasteiger partial charge is 0.230 e. The predicted molar refractivity (Wildman–Crippen MR) is 77.3 cm³/mol. The van der Waals surface area contributed by atoms with Crippen molar-refractivity contribution in [2.75, 3.05) is 18.1 Å². The van der Waals surface area contributed by atoms with Gasteiger partial charge >= 0.3 is 0 Å². The van der Waals surface area contributed by atoms with E-state index in [-0.39, 0.29) is 5.91 Å². The summed E-state index contributed by atoms with van der Waals surface area (Å²) in [5.74, 6) is 2.18. The van der Waals surface area contributed by atoms with E-state index in [0.717, 1.165) is 12.2 Å². The quantitative estimate of drug-likeness (QED) is 0.593. The van der Waals surface area contributed by atoms with E-state index in [2.05, 4.69) is 26.1 Å². The Morgan fingerprint density at radius 3 is 2.65 bits per heavy atom. The van der Waals surface area contributed by atoms with Crippen molar-refractivity contribution in [2.24, 2.45) is 11.7 Å². The second-order valence-corrected chi connectivity index (χ2v) is 5.85. The average molecular weight is 260 g/mol. The molecule has 102 valence electrons. The first kappa shape index (κ1) is 16.8. The van der Waals surface area contributed by atoms with Crippen LogP contribution >= 0.6 is 11.8 Å². The van der Waals surface area contributed by atoms with Gasteiger partial charge in [-0.2, -0.15) is 11.8 Å². The van der Waals surface area contributed by atoms with E-state index in [9.17, 15) is 4.79 Å². The summed E-state index contributed by atoms with van der Waals surface area (Å²) < 4.78 is 0. The molecule has 0 saturated heterocycles. The van der Waals surface area contributed by atoms with E-state index in [1.807, 2.05) is 0 Å². The molecule has 0 rings (SSSR count). The van der Waals surface area contributed by atoms with Crippen LogP contribution in [0, 0.1) is 5.92 Å². The first-order valence-electron chi connectivity index (χ1n) is 6.67. The predicted octanol–water partition coefficient (Wildman–Crippen LogP) is 2.40. The van der Waals surface area contributed by atoms with Gasteiger partial charge in [0.05, 0.1) is 5.75 Å². The molecular weight excluding hydrogens is 232 g/mol. The third kappa shape index (κ3) is 10.6. The summed E-state index contributed by atoms with van der Waals surface area (Å²) in [4.78, 5) is 11.6. The summed E-state index contributed by atoms with van der Waals surface area (Å²) in [5, 5.41) is 3.04. The number of carbonyl (C=O) groups excluding carboxylic acids is 1. The van der Waals surface area contributed by atoms with Crippen LogP contribution in [-0.4, -0.2) is 30.0 Å². The Kier molecular flexibility index (Phi) is 10.8. The van der Waals surface area contributed by atoms with Gasteiger partial charge in [-0.1, -0.05) is 33.1 Å². The highest BCUT2D eigenvalue weighted by Crippen LogP contribution is 2.07. The summed E-state index contributed by atoms with van der Waals surface area (Å²) in [6.45, 7) is 7.08. The van der Waals surface area contributed by atoms with Crippen LogP contribution in [0.15, 0.2) is 0 Å². The Hall–Kier alpha value is -0.220. The number of carbonyl (C=O) groups is 1. The number of nitrogens with two attached hydrogens (primary N) is 1. The van der Waals surface area contributed by atoms with Crippen LogP contribution in [0.4, 0.5) is 0 Å². The third-order valence-corrected chi connectivity index (χ3v) is 3.96. The number of thioether (sulfide) groups is 1. The molecule has 17 heavy (non-hydrogen) atoms. The fourth-order valence-electron chi connectivity index (χ4n) is 1.51. The highest BCUT2D eigenvalue weighted by molar-refractivity contribution is 7.99. The Morgan fingerprint density at radius 2 is 2.06 bits per heavy atom. The van der Waals surface area contributed by atoms with Gasteiger partial charge in [-0.25, -0.2) is 0 Å². The molecule has 0 heterocycles. The van der Waals surface area contributed by atoms with Crippen molar-refractivity contribution in [3.63, 3.8) is 0 Å². The zero-order valence-electron chi connectivity index (χ0n) is 11.5. The summed E-state index contributed by atoms with van der Waals surface area (Å²) in [5.41, 5.74) is 5.52. The molecule has 0 aliphatic heterocycles. The zero-order chi connectivity index (χ0) is 13.1. The highest BCUT2D eigenvalue weighted by Gasteiger charge is 2.08. The van der Waals surface area contributed by atoms with E-state index in [1.54, 1.807) is 11.8 Å². The molecule has 4 heteroatoms. The molecule has 0 spiro atoms. The second-order valence-electron chi connectivity index (χ2n) is 4.82. The Bertz CT molecular complexity index is 200. The minimum Gasteiger partial charge on any atom is -0.353 e. The minimum absolute atomic E-state index is 0.156. The van der Waals surface area contributed by atoms with E-state index in [1.165, 1.54) is 19.3 Å². The van der Waals surface area contributed by atoms with Crippen LogP contribution in [-0.2, 0) is 4.79 Å². The third-order valence-electron chi connectivity index (χ3n) is 2.69. The maximum Gasteiger partial charge on any atom is 0.230 e. The van der Waals surface area contributed by atoms with Crippen LogP contribution in [0.5, 0.6) is 0 Å². The summed E-state index contributed by atoms with van der Waals surface area (Å²) in [6.07, 6.45) is 4.77. The SMILES string of the molecule is CCCCCC(C)NC(=O)CSCC(C)CN. The van der Waals surface area contributed by atoms with E-state index in [4.69, 9.17) is 5.73 Å². The summed E-state index contributed by atoms with van der Waals surface area (Å²) in [6, 6.07) is 0.307. The van der Waals surface area contributed by atoms with Crippen molar-refractivity contribution in [1.29, 1.82) is 0 Å². The lowest BCUT2D eigenvalue weighted by atomic mass is 10.1. The van der Waals surface area contributed by atoms with Crippen molar-refractivity contribution in [3.05, 3.63) is 0 Å². The lowest BCUT2D eigenvalue weighted by Crippen LogP contribution is -2.34. The number of rotatable bonds is 10. The number of unbranched alkanes of at least 4 members (excludes halogenated alkanes) is 2. The molecule has 0 fully saturated rings. The van der Waals surface area contributed by atoms with Gasteiger partial charge in [0.25, 0.3) is 0 Å². The number of hydrogen-bond acceptors (Lipinski definition) is 3. The fraction of sp³-hybridized carbons (Fsp3) is 0.923. The summed E-state index contributed by atoms with van der Waals surface area (Å²) >= 11 is 1.67. The molecule has 0 radical (unpaired) electrons. The maximum atomic E-state index is 11.6. The topological polar surface area (TPSA) is 55.1 Å². The van der Waals surface area contributed by atoms with Crippen molar-refractivity contribution in [1.82, 2.24) is 5.32 Å². The van der Waals surface area contributed by atoms with Gasteiger partial charge in [-0.05, 0) is 31.6 Å². The first-order chi connectivity index (χ1) is 8.10. The van der Waals surface area contributed by atoms with Gasteiger partial charge in [-0.15, -0.1) is 0 Å². The lowest BCUT2D eigenvalue weighted by Gasteiger charge is -2.14. The Morgan fingerprint density at radius 1 is 1.35 bits per heavy atom. The van der Waals surface area contributed by atoms with Crippen molar-refractivity contribution in [2.45, 2.75) is 52.5 Å². The van der Waals surface area contributed by atoms with Crippen LogP contribution < -0.4 is 11.1 Å². The molecule has 0 saturated carbocycles. The fourth-order valence-corrected chi connectivity index (χ4v) is 2.44. The van der Waals surface area contributed by atoms with Crippen LogP contribution in [0.1, 0.15) is 46.5 Å². The van der Waals surface area contributed by atoms with E-state index >= 15 is 0 Å². The summed E-state index contributed by atoms with van der Waals surface area (Å²) in [7, 11) is 0. The van der Waals surface area contributed by atoms with Crippen molar-refractivity contribution < 1.29 is 4.79 Å². The molecule has 0 aromatic rings. The molecule has 0 aromatic carbocycles. The molecule has 3 nitrogen and oxygen atoms in total. The molecule has 0 bridgehead atoms. The largest absolute Gasteiger partial charge is 0.353 e.